The highest BCUT2D eigenvalue weighted by molar-refractivity contribution is 5.81. The third kappa shape index (κ3) is 1.83. The molecule has 0 aliphatic heterocycles. The molecule has 0 atom stereocenters. The number of aryl methyl sites for hydroxylation is 1. The van der Waals surface area contributed by atoms with Crippen LogP contribution in [-0.2, 0) is 0 Å². The van der Waals surface area contributed by atoms with Crippen LogP contribution in [0.4, 0.5) is 0 Å². The minimum atomic E-state index is -0.0481. The molecular weight excluding hydrogens is 177 g/mol. The SMILES string of the molecule is Cc1cccc2[nH]c(=O)ccc12.[Al]. The second-order valence-corrected chi connectivity index (χ2v) is 2.86. The van der Waals surface area contributed by atoms with Crippen molar-refractivity contribution in [3.63, 3.8) is 0 Å². The Morgan fingerprint density at radius 2 is 1.92 bits per heavy atom. The van der Waals surface area contributed by atoms with Crippen molar-refractivity contribution in [1.29, 1.82) is 0 Å². The van der Waals surface area contributed by atoms with Gasteiger partial charge in [-0.05, 0) is 24.6 Å². The quantitative estimate of drug-likeness (QED) is 0.620. The molecule has 1 aromatic carbocycles. The van der Waals surface area contributed by atoms with Gasteiger partial charge in [0.2, 0.25) is 5.56 Å². The molecule has 3 radical (unpaired) electrons. The Kier molecular flexibility index (Phi) is 2.92. The molecule has 0 amide bonds. The minimum absolute atomic E-state index is 0. The van der Waals surface area contributed by atoms with Gasteiger partial charge in [-0.1, -0.05) is 12.1 Å². The van der Waals surface area contributed by atoms with Crippen LogP contribution >= 0.6 is 0 Å². The van der Waals surface area contributed by atoms with Crippen LogP contribution in [0.25, 0.3) is 10.9 Å². The molecule has 1 aromatic heterocycles. The van der Waals surface area contributed by atoms with Crippen LogP contribution in [0.2, 0.25) is 0 Å². The van der Waals surface area contributed by atoms with E-state index in [1.807, 2.05) is 31.2 Å². The molecule has 1 N–H and O–H groups in total. The van der Waals surface area contributed by atoms with E-state index in [-0.39, 0.29) is 22.9 Å². The fraction of sp³-hybridized carbons (Fsp3) is 0.100. The number of hydrogen-bond acceptors (Lipinski definition) is 1. The molecule has 0 fully saturated rings. The van der Waals surface area contributed by atoms with Crippen molar-refractivity contribution in [3.05, 3.63) is 46.2 Å². The molecule has 2 rings (SSSR count). The predicted octanol–water partition coefficient (Wildman–Crippen LogP) is 1.46. The van der Waals surface area contributed by atoms with E-state index in [1.165, 1.54) is 5.56 Å². The van der Waals surface area contributed by atoms with Crippen LogP contribution < -0.4 is 5.56 Å². The van der Waals surface area contributed by atoms with Crippen molar-refractivity contribution in [2.45, 2.75) is 6.92 Å². The van der Waals surface area contributed by atoms with E-state index in [0.29, 0.717) is 0 Å². The molecule has 63 valence electrons. The van der Waals surface area contributed by atoms with E-state index < -0.39 is 0 Å². The van der Waals surface area contributed by atoms with E-state index in [1.54, 1.807) is 6.07 Å². The van der Waals surface area contributed by atoms with Gasteiger partial charge in [-0.25, -0.2) is 0 Å². The summed E-state index contributed by atoms with van der Waals surface area (Å²) in [6.45, 7) is 2.03. The van der Waals surface area contributed by atoms with Crippen LogP contribution in [0.5, 0.6) is 0 Å². The normalized spacial score (nSPS) is 9.62. The van der Waals surface area contributed by atoms with Crippen LogP contribution in [0, 0.1) is 6.92 Å². The number of aromatic amines is 1. The van der Waals surface area contributed by atoms with E-state index in [9.17, 15) is 4.79 Å². The fourth-order valence-corrected chi connectivity index (χ4v) is 1.34. The minimum Gasteiger partial charge on any atom is -0.322 e. The Labute approximate surface area is 86.7 Å². The lowest BCUT2D eigenvalue weighted by molar-refractivity contribution is 1.30. The average molecular weight is 186 g/mol. The Hall–Kier alpha value is -1.04. The van der Waals surface area contributed by atoms with Gasteiger partial charge in [0.25, 0.3) is 0 Å². The summed E-state index contributed by atoms with van der Waals surface area (Å²) < 4.78 is 0. The lowest BCUT2D eigenvalue weighted by Crippen LogP contribution is -2.02. The summed E-state index contributed by atoms with van der Waals surface area (Å²) >= 11 is 0. The first-order valence-electron chi connectivity index (χ1n) is 3.86. The number of H-pyrrole nitrogens is 1. The van der Waals surface area contributed by atoms with Crippen molar-refractivity contribution in [2.75, 3.05) is 0 Å². The van der Waals surface area contributed by atoms with Crippen LogP contribution in [0.3, 0.4) is 0 Å². The number of nitrogens with one attached hydrogen (secondary N) is 1. The maximum Gasteiger partial charge on any atom is 0.248 e. The maximum absolute atomic E-state index is 10.9. The van der Waals surface area contributed by atoms with E-state index in [2.05, 4.69) is 4.98 Å². The smallest absolute Gasteiger partial charge is 0.248 e. The second-order valence-electron chi connectivity index (χ2n) is 2.86. The molecule has 2 aromatic rings. The van der Waals surface area contributed by atoms with Crippen LogP contribution in [0.1, 0.15) is 5.56 Å². The van der Waals surface area contributed by atoms with Gasteiger partial charge in [0.15, 0.2) is 0 Å². The Bertz CT molecular complexity index is 476. The standard InChI is InChI=1S/C10H9NO.Al/c1-7-3-2-4-9-8(7)5-6-10(12)11-9;/h2-6H,1H3,(H,11,12);. The topological polar surface area (TPSA) is 32.9 Å². The third-order valence-corrected chi connectivity index (χ3v) is 1.98. The molecule has 0 aliphatic rings. The van der Waals surface area contributed by atoms with Crippen molar-refractivity contribution in [3.8, 4) is 0 Å². The predicted molar refractivity (Wildman–Crippen MR) is 55.1 cm³/mol. The van der Waals surface area contributed by atoms with Crippen LogP contribution in [0.15, 0.2) is 35.1 Å². The van der Waals surface area contributed by atoms with Crippen molar-refractivity contribution >= 4 is 28.3 Å². The lowest BCUT2D eigenvalue weighted by Gasteiger charge is -1.98. The molecule has 13 heavy (non-hydrogen) atoms. The van der Waals surface area contributed by atoms with Crippen molar-refractivity contribution in [2.24, 2.45) is 0 Å². The molecule has 0 bridgehead atoms. The van der Waals surface area contributed by atoms with Gasteiger partial charge in [0.05, 0.1) is 0 Å². The number of rotatable bonds is 0. The Balaban J connectivity index is 0.000000845. The summed E-state index contributed by atoms with van der Waals surface area (Å²) in [6.07, 6.45) is 0. The van der Waals surface area contributed by atoms with Gasteiger partial charge in [-0.2, -0.15) is 0 Å². The molecule has 0 aliphatic carbocycles. The third-order valence-electron chi connectivity index (χ3n) is 1.98. The summed E-state index contributed by atoms with van der Waals surface area (Å²) in [4.78, 5) is 13.7. The first-order chi connectivity index (χ1) is 5.77. The van der Waals surface area contributed by atoms with Gasteiger partial charge in [-0.15, -0.1) is 0 Å². The van der Waals surface area contributed by atoms with Gasteiger partial charge in [-0.3, -0.25) is 4.79 Å². The lowest BCUT2D eigenvalue weighted by atomic mass is 10.1. The zero-order chi connectivity index (χ0) is 8.55. The summed E-state index contributed by atoms with van der Waals surface area (Å²) in [5.74, 6) is 0. The molecule has 0 saturated carbocycles. The van der Waals surface area contributed by atoms with Crippen molar-refractivity contribution < 1.29 is 0 Å². The molecular formula is C10H9AlNO. The zero-order valence-corrected chi connectivity index (χ0v) is 8.53. The van der Waals surface area contributed by atoms with Gasteiger partial charge >= 0.3 is 0 Å². The number of benzene rings is 1. The number of pyridine rings is 1. The summed E-state index contributed by atoms with van der Waals surface area (Å²) in [5, 5.41) is 1.11. The van der Waals surface area contributed by atoms with E-state index in [4.69, 9.17) is 0 Å². The van der Waals surface area contributed by atoms with Crippen LogP contribution in [-0.4, -0.2) is 22.3 Å². The highest BCUT2D eigenvalue weighted by Crippen LogP contribution is 2.13. The highest BCUT2D eigenvalue weighted by atomic mass is 27.0. The van der Waals surface area contributed by atoms with E-state index >= 15 is 0 Å². The average Bonchev–Trinajstić information content (AvgIpc) is 2.04. The highest BCUT2D eigenvalue weighted by Gasteiger charge is 1.95. The Morgan fingerprint density at radius 1 is 1.15 bits per heavy atom. The Morgan fingerprint density at radius 3 is 2.69 bits per heavy atom. The number of aromatic nitrogens is 1. The molecule has 1 heterocycles. The summed E-state index contributed by atoms with van der Waals surface area (Å²) in [5.41, 5.74) is 2.04. The molecule has 0 saturated heterocycles. The molecule has 3 heteroatoms. The molecule has 0 unspecified atom stereocenters. The number of hydrogen-bond donors (Lipinski definition) is 1. The second kappa shape index (κ2) is 3.78. The van der Waals surface area contributed by atoms with E-state index in [0.717, 1.165) is 10.9 Å². The molecule has 0 spiro atoms. The zero-order valence-electron chi connectivity index (χ0n) is 7.37. The largest absolute Gasteiger partial charge is 0.322 e. The monoisotopic (exact) mass is 186 g/mol. The van der Waals surface area contributed by atoms with Gasteiger partial charge in [0, 0.05) is 34.3 Å². The van der Waals surface area contributed by atoms with Crippen molar-refractivity contribution in [1.82, 2.24) is 4.98 Å². The fourth-order valence-electron chi connectivity index (χ4n) is 1.34. The first kappa shape index (κ1) is 10.0. The van der Waals surface area contributed by atoms with Gasteiger partial charge < -0.3 is 4.98 Å². The summed E-state index contributed by atoms with van der Waals surface area (Å²) in [7, 11) is 0. The summed E-state index contributed by atoms with van der Waals surface area (Å²) in [6, 6.07) is 9.27. The number of fused-ring (bicyclic) bond motifs is 1. The maximum atomic E-state index is 10.9. The van der Waals surface area contributed by atoms with Gasteiger partial charge in [0.1, 0.15) is 0 Å². The molecule has 2 nitrogen and oxygen atoms in total. The first-order valence-corrected chi connectivity index (χ1v) is 3.86.